The first-order valence-electron chi connectivity index (χ1n) is 6.30. The fourth-order valence-electron chi connectivity index (χ4n) is 3.45. The lowest BCUT2D eigenvalue weighted by atomic mass is 9.77. The summed E-state index contributed by atoms with van der Waals surface area (Å²) < 4.78 is 0. The molecule has 16 heavy (non-hydrogen) atoms. The maximum absolute atomic E-state index is 9.58. The van der Waals surface area contributed by atoms with Gasteiger partial charge in [0.15, 0.2) is 0 Å². The summed E-state index contributed by atoms with van der Waals surface area (Å²) in [6, 6.07) is 6.52. The minimum atomic E-state index is 0.389. The smallest absolute Gasteiger partial charge is 0.117 e. The molecule has 0 saturated heterocycles. The lowest BCUT2D eigenvalue weighted by Gasteiger charge is -2.44. The largest absolute Gasteiger partial charge is 0.508 e. The molecule has 1 saturated carbocycles. The van der Waals surface area contributed by atoms with Crippen molar-refractivity contribution >= 4 is 5.69 Å². The van der Waals surface area contributed by atoms with Crippen LogP contribution in [0.5, 0.6) is 5.75 Å². The van der Waals surface area contributed by atoms with Gasteiger partial charge in [-0.05, 0) is 36.8 Å². The van der Waals surface area contributed by atoms with E-state index in [0.29, 0.717) is 11.8 Å². The minimum absolute atomic E-state index is 0.389. The quantitative estimate of drug-likeness (QED) is 0.722. The third-order valence-corrected chi connectivity index (χ3v) is 4.30. The van der Waals surface area contributed by atoms with Crippen molar-refractivity contribution in [3.8, 4) is 5.75 Å². The number of benzene rings is 1. The Morgan fingerprint density at radius 2 is 2.06 bits per heavy atom. The Balaban J connectivity index is 2.00. The molecule has 1 heterocycles. The summed E-state index contributed by atoms with van der Waals surface area (Å²) in [5.74, 6) is 1.22. The summed E-state index contributed by atoms with van der Waals surface area (Å²) in [6.07, 6.45) is 6.64. The molecule has 0 radical (unpaired) electrons. The Bertz CT molecular complexity index is 402. The number of aromatic hydroxyl groups is 1. The van der Waals surface area contributed by atoms with Crippen molar-refractivity contribution in [1.29, 1.82) is 0 Å². The molecule has 0 spiro atoms. The second-order valence-corrected chi connectivity index (χ2v) is 5.24. The fourth-order valence-corrected chi connectivity index (χ4v) is 3.45. The van der Waals surface area contributed by atoms with Gasteiger partial charge >= 0.3 is 0 Å². The lowest BCUT2D eigenvalue weighted by molar-refractivity contribution is 0.287. The van der Waals surface area contributed by atoms with Crippen LogP contribution in [-0.2, 0) is 6.42 Å². The molecule has 86 valence electrons. The minimum Gasteiger partial charge on any atom is -0.508 e. The van der Waals surface area contributed by atoms with E-state index in [4.69, 9.17) is 0 Å². The molecule has 3 rings (SSSR count). The van der Waals surface area contributed by atoms with Gasteiger partial charge in [0.2, 0.25) is 0 Å². The fraction of sp³-hybridized carbons (Fsp3) is 0.571. The summed E-state index contributed by atoms with van der Waals surface area (Å²) in [4.78, 5) is 2.39. The van der Waals surface area contributed by atoms with Crippen LogP contribution < -0.4 is 4.90 Å². The molecule has 2 atom stereocenters. The molecule has 2 nitrogen and oxygen atoms in total. The number of phenols is 1. The molecule has 0 bridgehead atoms. The van der Waals surface area contributed by atoms with Gasteiger partial charge in [-0.3, -0.25) is 0 Å². The molecular formula is C14H19NO. The number of fused-ring (bicyclic) bond motifs is 2. The summed E-state index contributed by atoms with van der Waals surface area (Å²) in [5.41, 5.74) is 2.65. The number of nitrogens with zero attached hydrogens (tertiary/aromatic N) is 1. The molecule has 2 unspecified atom stereocenters. The Hall–Kier alpha value is -1.18. The molecule has 2 aliphatic rings. The van der Waals surface area contributed by atoms with E-state index in [1.54, 1.807) is 0 Å². The average molecular weight is 217 g/mol. The topological polar surface area (TPSA) is 23.5 Å². The van der Waals surface area contributed by atoms with E-state index in [1.165, 1.54) is 43.4 Å². The molecule has 1 aliphatic heterocycles. The molecule has 1 fully saturated rings. The van der Waals surface area contributed by atoms with Crippen LogP contribution in [-0.4, -0.2) is 18.2 Å². The number of hydrogen-bond donors (Lipinski definition) is 1. The molecule has 1 aliphatic carbocycles. The summed E-state index contributed by atoms with van der Waals surface area (Å²) >= 11 is 0. The average Bonchev–Trinajstić information content (AvgIpc) is 2.31. The monoisotopic (exact) mass is 217 g/mol. The van der Waals surface area contributed by atoms with Crippen LogP contribution in [0.1, 0.15) is 31.2 Å². The molecule has 2 heteroatoms. The van der Waals surface area contributed by atoms with Gasteiger partial charge < -0.3 is 10.0 Å². The van der Waals surface area contributed by atoms with Crippen molar-refractivity contribution in [1.82, 2.24) is 0 Å². The Morgan fingerprint density at radius 1 is 1.25 bits per heavy atom. The highest BCUT2D eigenvalue weighted by Crippen LogP contribution is 2.40. The summed E-state index contributed by atoms with van der Waals surface area (Å²) in [5, 5.41) is 9.58. The van der Waals surface area contributed by atoms with Crippen LogP contribution in [0.25, 0.3) is 0 Å². The highest BCUT2D eigenvalue weighted by molar-refractivity contribution is 5.59. The third-order valence-electron chi connectivity index (χ3n) is 4.30. The molecular weight excluding hydrogens is 198 g/mol. The maximum atomic E-state index is 9.58. The number of hydrogen-bond acceptors (Lipinski definition) is 2. The molecule has 0 amide bonds. The first-order chi connectivity index (χ1) is 7.75. The van der Waals surface area contributed by atoms with E-state index < -0.39 is 0 Å². The van der Waals surface area contributed by atoms with E-state index in [2.05, 4.69) is 18.0 Å². The first-order valence-corrected chi connectivity index (χ1v) is 6.30. The van der Waals surface area contributed by atoms with Crippen molar-refractivity contribution < 1.29 is 5.11 Å². The zero-order valence-corrected chi connectivity index (χ0v) is 9.82. The van der Waals surface area contributed by atoms with Crippen LogP contribution in [0, 0.1) is 5.92 Å². The van der Waals surface area contributed by atoms with Gasteiger partial charge in [-0.2, -0.15) is 0 Å². The van der Waals surface area contributed by atoms with Crippen molar-refractivity contribution in [3.05, 3.63) is 23.8 Å². The second-order valence-electron chi connectivity index (χ2n) is 5.24. The van der Waals surface area contributed by atoms with Gasteiger partial charge in [-0.25, -0.2) is 0 Å². The van der Waals surface area contributed by atoms with E-state index in [1.807, 2.05) is 12.1 Å². The van der Waals surface area contributed by atoms with Gasteiger partial charge in [0.05, 0.1) is 0 Å². The molecule has 1 aromatic rings. The van der Waals surface area contributed by atoms with E-state index >= 15 is 0 Å². The highest BCUT2D eigenvalue weighted by Gasteiger charge is 2.33. The van der Waals surface area contributed by atoms with E-state index in [-0.39, 0.29) is 0 Å². The molecule has 1 aromatic carbocycles. The molecule has 0 aromatic heterocycles. The number of anilines is 1. The van der Waals surface area contributed by atoms with Gasteiger partial charge in [0, 0.05) is 24.8 Å². The van der Waals surface area contributed by atoms with Crippen LogP contribution in [0.15, 0.2) is 18.2 Å². The summed E-state index contributed by atoms with van der Waals surface area (Å²) in [7, 11) is 2.18. The van der Waals surface area contributed by atoms with Gasteiger partial charge in [-0.15, -0.1) is 0 Å². The Labute approximate surface area is 96.9 Å². The first kappa shape index (κ1) is 10.0. The highest BCUT2D eigenvalue weighted by atomic mass is 16.3. The number of rotatable bonds is 0. The van der Waals surface area contributed by atoms with E-state index in [0.717, 1.165) is 5.92 Å². The zero-order valence-electron chi connectivity index (χ0n) is 9.82. The van der Waals surface area contributed by atoms with Crippen LogP contribution in [0.3, 0.4) is 0 Å². The molecule has 1 N–H and O–H groups in total. The standard InChI is InChI=1S/C14H19NO/c1-15-13-5-3-2-4-10(13)8-11-6-7-12(16)9-14(11)15/h6-7,9-10,13,16H,2-5,8H2,1H3. The van der Waals surface area contributed by atoms with Crippen LogP contribution in [0.2, 0.25) is 0 Å². The predicted molar refractivity (Wildman–Crippen MR) is 66.0 cm³/mol. The van der Waals surface area contributed by atoms with E-state index in [9.17, 15) is 5.11 Å². The number of phenolic OH excluding ortho intramolecular Hbond substituents is 1. The van der Waals surface area contributed by atoms with Gasteiger partial charge in [0.1, 0.15) is 5.75 Å². The van der Waals surface area contributed by atoms with Crippen molar-refractivity contribution in [2.24, 2.45) is 5.92 Å². The second kappa shape index (κ2) is 3.69. The predicted octanol–water partition coefficient (Wildman–Crippen LogP) is 2.94. The third kappa shape index (κ3) is 1.48. The van der Waals surface area contributed by atoms with Gasteiger partial charge in [0.25, 0.3) is 0 Å². The Morgan fingerprint density at radius 3 is 2.94 bits per heavy atom. The summed E-state index contributed by atoms with van der Waals surface area (Å²) in [6.45, 7) is 0. The maximum Gasteiger partial charge on any atom is 0.117 e. The lowest BCUT2D eigenvalue weighted by Crippen LogP contribution is -2.44. The zero-order chi connectivity index (χ0) is 11.1. The van der Waals surface area contributed by atoms with Crippen molar-refractivity contribution in [2.45, 2.75) is 38.1 Å². The van der Waals surface area contributed by atoms with Crippen molar-refractivity contribution in [3.63, 3.8) is 0 Å². The van der Waals surface area contributed by atoms with Crippen LogP contribution >= 0.6 is 0 Å². The van der Waals surface area contributed by atoms with Crippen LogP contribution in [0.4, 0.5) is 5.69 Å². The SMILES string of the molecule is CN1c2cc(O)ccc2CC2CCCCC21. The van der Waals surface area contributed by atoms with Gasteiger partial charge in [-0.1, -0.05) is 18.9 Å². The Kier molecular flexibility index (Phi) is 2.31. The van der Waals surface area contributed by atoms with Crippen molar-refractivity contribution in [2.75, 3.05) is 11.9 Å². The normalized spacial score (nSPS) is 28.4.